The van der Waals surface area contributed by atoms with Crippen molar-refractivity contribution in [1.82, 2.24) is 0 Å². The number of benzene rings is 2. The van der Waals surface area contributed by atoms with Crippen LogP contribution in [-0.4, -0.2) is 18.8 Å². The maximum Gasteiger partial charge on any atom is 0.124 e. The average molecular weight is 285 g/mol. The summed E-state index contributed by atoms with van der Waals surface area (Å²) in [4.78, 5) is 0. The molecule has 1 atom stereocenters. The first-order valence-electron chi connectivity index (χ1n) is 7.06. The third-order valence-electron chi connectivity index (χ3n) is 3.78. The molecule has 3 rings (SSSR count). The molecule has 0 amide bonds. The minimum absolute atomic E-state index is 0.00345. The highest BCUT2D eigenvalue weighted by Gasteiger charge is 2.15. The van der Waals surface area contributed by atoms with E-state index in [-0.39, 0.29) is 11.8 Å². The number of ether oxygens (including phenoxy) is 2. The molecule has 0 saturated heterocycles. The van der Waals surface area contributed by atoms with Gasteiger partial charge >= 0.3 is 0 Å². The molecule has 0 bridgehead atoms. The fourth-order valence-corrected chi connectivity index (χ4v) is 2.62. The van der Waals surface area contributed by atoms with Crippen LogP contribution in [0.1, 0.15) is 24.1 Å². The maximum absolute atomic E-state index is 10.1. The molecule has 4 nitrogen and oxygen atoms in total. The molecule has 2 N–H and O–H groups in total. The number of anilines is 1. The number of nitrogens with one attached hydrogen (secondary N) is 1. The van der Waals surface area contributed by atoms with Crippen molar-refractivity contribution < 1.29 is 14.6 Å². The second-order valence-corrected chi connectivity index (χ2v) is 5.21. The SMILES string of the molecule is COc1ccc(C(C)Nc2ccc3c(c2)CCO3)c(O)c1. The molecule has 1 unspecified atom stereocenters. The summed E-state index contributed by atoms with van der Waals surface area (Å²) in [6, 6.07) is 11.5. The first-order valence-corrected chi connectivity index (χ1v) is 7.06. The number of aromatic hydroxyl groups is 1. The summed E-state index contributed by atoms with van der Waals surface area (Å²) in [5.74, 6) is 1.86. The van der Waals surface area contributed by atoms with Crippen LogP contribution < -0.4 is 14.8 Å². The van der Waals surface area contributed by atoms with Crippen molar-refractivity contribution in [3.05, 3.63) is 47.5 Å². The van der Waals surface area contributed by atoms with Crippen molar-refractivity contribution >= 4 is 5.69 Å². The minimum Gasteiger partial charge on any atom is -0.507 e. The van der Waals surface area contributed by atoms with Gasteiger partial charge in [-0.1, -0.05) is 0 Å². The lowest BCUT2D eigenvalue weighted by Crippen LogP contribution is -2.07. The average Bonchev–Trinajstić information content (AvgIpc) is 2.94. The van der Waals surface area contributed by atoms with Gasteiger partial charge in [0.25, 0.3) is 0 Å². The largest absolute Gasteiger partial charge is 0.507 e. The van der Waals surface area contributed by atoms with Gasteiger partial charge in [0.1, 0.15) is 17.2 Å². The number of phenols is 1. The van der Waals surface area contributed by atoms with Gasteiger partial charge in [-0.2, -0.15) is 0 Å². The van der Waals surface area contributed by atoms with Crippen molar-refractivity contribution in [1.29, 1.82) is 0 Å². The Hall–Kier alpha value is -2.36. The van der Waals surface area contributed by atoms with Crippen LogP contribution in [0.25, 0.3) is 0 Å². The predicted molar refractivity (Wildman–Crippen MR) is 82.3 cm³/mol. The molecule has 0 saturated carbocycles. The van der Waals surface area contributed by atoms with Gasteiger partial charge in [-0.05, 0) is 42.8 Å². The summed E-state index contributed by atoms with van der Waals surface area (Å²) >= 11 is 0. The zero-order chi connectivity index (χ0) is 14.8. The second kappa shape index (κ2) is 5.56. The smallest absolute Gasteiger partial charge is 0.124 e. The van der Waals surface area contributed by atoms with Crippen molar-refractivity contribution in [3.63, 3.8) is 0 Å². The van der Waals surface area contributed by atoms with Gasteiger partial charge in [-0.3, -0.25) is 0 Å². The summed E-state index contributed by atoms with van der Waals surface area (Å²) in [7, 11) is 1.59. The Morgan fingerprint density at radius 3 is 2.86 bits per heavy atom. The van der Waals surface area contributed by atoms with E-state index in [0.717, 1.165) is 30.0 Å². The topological polar surface area (TPSA) is 50.7 Å². The third-order valence-corrected chi connectivity index (χ3v) is 3.78. The summed E-state index contributed by atoms with van der Waals surface area (Å²) in [6.07, 6.45) is 0.951. The lowest BCUT2D eigenvalue weighted by molar-refractivity contribution is 0.357. The second-order valence-electron chi connectivity index (χ2n) is 5.21. The molecular formula is C17H19NO3. The van der Waals surface area contributed by atoms with E-state index in [1.54, 1.807) is 13.2 Å². The van der Waals surface area contributed by atoms with Crippen molar-refractivity contribution in [2.45, 2.75) is 19.4 Å². The quantitative estimate of drug-likeness (QED) is 0.902. The Morgan fingerprint density at radius 1 is 1.24 bits per heavy atom. The van der Waals surface area contributed by atoms with Crippen LogP contribution in [0, 0.1) is 0 Å². The summed E-state index contributed by atoms with van der Waals surface area (Å²) < 4.78 is 10.6. The highest BCUT2D eigenvalue weighted by atomic mass is 16.5. The molecule has 4 heteroatoms. The van der Waals surface area contributed by atoms with Gasteiger partial charge in [-0.25, -0.2) is 0 Å². The summed E-state index contributed by atoms with van der Waals surface area (Å²) in [6.45, 7) is 2.78. The van der Waals surface area contributed by atoms with Crippen LogP contribution >= 0.6 is 0 Å². The van der Waals surface area contributed by atoms with E-state index in [4.69, 9.17) is 9.47 Å². The Labute approximate surface area is 124 Å². The molecular weight excluding hydrogens is 266 g/mol. The number of fused-ring (bicyclic) bond motifs is 1. The molecule has 1 heterocycles. The van der Waals surface area contributed by atoms with E-state index >= 15 is 0 Å². The molecule has 0 fully saturated rings. The molecule has 1 aliphatic rings. The van der Waals surface area contributed by atoms with Crippen LogP contribution in [0.5, 0.6) is 17.2 Å². The van der Waals surface area contributed by atoms with Crippen LogP contribution in [0.4, 0.5) is 5.69 Å². The highest BCUT2D eigenvalue weighted by Crippen LogP contribution is 2.32. The van der Waals surface area contributed by atoms with E-state index < -0.39 is 0 Å². The Balaban J connectivity index is 1.78. The van der Waals surface area contributed by atoms with Crippen molar-refractivity contribution in [3.8, 4) is 17.2 Å². The minimum atomic E-state index is -0.00345. The molecule has 1 aliphatic heterocycles. The highest BCUT2D eigenvalue weighted by molar-refractivity contribution is 5.54. The molecule has 0 aliphatic carbocycles. The van der Waals surface area contributed by atoms with E-state index in [9.17, 15) is 5.11 Å². The molecule has 21 heavy (non-hydrogen) atoms. The predicted octanol–water partition coefficient (Wildman–Crippen LogP) is 3.51. The first kappa shape index (κ1) is 13.6. The third kappa shape index (κ3) is 2.75. The van der Waals surface area contributed by atoms with Crippen LogP contribution in [0.15, 0.2) is 36.4 Å². The Bertz CT molecular complexity index is 654. The summed E-state index contributed by atoms with van der Waals surface area (Å²) in [5, 5.41) is 13.5. The molecule has 0 spiro atoms. The van der Waals surface area contributed by atoms with Crippen molar-refractivity contribution in [2.24, 2.45) is 0 Å². The summed E-state index contributed by atoms with van der Waals surface area (Å²) in [5.41, 5.74) is 3.10. The van der Waals surface area contributed by atoms with Gasteiger partial charge in [0, 0.05) is 23.7 Å². The molecule has 110 valence electrons. The molecule has 2 aromatic rings. The fourth-order valence-electron chi connectivity index (χ4n) is 2.62. The van der Waals surface area contributed by atoms with Gasteiger partial charge in [-0.15, -0.1) is 0 Å². The van der Waals surface area contributed by atoms with Gasteiger partial charge < -0.3 is 19.9 Å². The number of hydrogen-bond acceptors (Lipinski definition) is 4. The molecule has 0 aromatic heterocycles. The normalized spacial score (nSPS) is 14.2. The van der Waals surface area contributed by atoms with Gasteiger partial charge in [0.2, 0.25) is 0 Å². The van der Waals surface area contributed by atoms with Crippen LogP contribution in [0.3, 0.4) is 0 Å². The van der Waals surface area contributed by atoms with Crippen LogP contribution in [0.2, 0.25) is 0 Å². The first-order chi connectivity index (χ1) is 10.2. The number of hydrogen-bond donors (Lipinski definition) is 2. The van der Waals surface area contributed by atoms with E-state index in [1.807, 2.05) is 31.2 Å². The van der Waals surface area contributed by atoms with Gasteiger partial charge in [0.15, 0.2) is 0 Å². The maximum atomic E-state index is 10.1. The Kier molecular flexibility index (Phi) is 3.60. The number of rotatable bonds is 4. The van der Waals surface area contributed by atoms with Crippen LogP contribution in [-0.2, 0) is 6.42 Å². The monoisotopic (exact) mass is 285 g/mol. The van der Waals surface area contributed by atoms with E-state index in [1.165, 1.54) is 5.56 Å². The zero-order valence-electron chi connectivity index (χ0n) is 12.2. The zero-order valence-corrected chi connectivity index (χ0v) is 12.2. The van der Waals surface area contributed by atoms with E-state index in [0.29, 0.717) is 5.75 Å². The Morgan fingerprint density at radius 2 is 2.10 bits per heavy atom. The standard InChI is InChI=1S/C17H19NO3/c1-11(15-5-4-14(20-2)10-16(15)19)18-13-3-6-17-12(9-13)7-8-21-17/h3-6,9-11,18-19H,7-8H2,1-2H3. The lowest BCUT2D eigenvalue weighted by atomic mass is 10.1. The fraction of sp³-hybridized carbons (Fsp3) is 0.294. The molecule has 0 radical (unpaired) electrons. The number of methoxy groups -OCH3 is 1. The van der Waals surface area contributed by atoms with E-state index in [2.05, 4.69) is 11.4 Å². The lowest BCUT2D eigenvalue weighted by Gasteiger charge is -2.18. The van der Waals surface area contributed by atoms with Crippen molar-refractivity contribution in [2.75, 3.05) is 19.0 Å². The number of phenolic OH excluding ortho intramolecular Hbond substituents is 1. The molecule has 2 aromatic carbocycles. The van der Waals surface area contributed by atoms with Gasteiger partial charge in [0.05, 0.1) is 19.8 Å².